The van der Waals surface area contributed by atoms with Crippen LogP contribution < -0.4 is 4.72 Å². The minimum absolute atomic E-state index is 0.0639. The number of piperidine rings is 1. The lowest BCUT2D eigenvalue weighted by atomic mass is 9.88. The zero-order chi connectivity index (χ0) is 21.1. The summed E-state index contributed by atoms with van der Waals surface area (Å²) in [7, 11) is 0. The smallest absolute Gasteiger partial charge is 0.427 e. The average molecular weight is 437 g/mol. The number of carbonyl (C=O) groups excluding carboxylic acids is 1. The Hall–Kier alpha value is -1.53. The van der Waals surface area contributed by atoms with Crippen LogP contribution in [0.3, 0.4) is 0 Å². The third-order valence-electron chi connectivity index (χ3n) is 5.16. The molecule has 1 amide bonds. The third-order valence-corrected chi connectivity index (χ3v) is 6.44. The van der Waals surface area contributed by atoms with Crippen LogP contribution >= 0.6 is 0 Å². The molecule has 1 spiro atoms. The number of amides is 1. The van der Waals surface area contributed by atoms with E-state index in [1.807, 2.05) is 30.3 Å². The highest BCUT2D eigenvalue weighted by Gasteiger charge is 2.47. The fourth-order valence-corrected chi connectivity index (χ4v) is 4.56. The van der Waals surface area contributed by atoms with Gasteiger partial charge in [0.2, 0.25) is 11.0 Å². The molecule has 3 atom stereocenters. The number of hydrogen-bond acceptors (Lipinski definition) is 6. The Labute approximate surface area is 169 Å². The predicted octanol–water partition coefficient (Wildman–Crippen LogP) is 2.32. The number of hydrogen-bond donors (Lipinski definition) is 3. The second-order valence-corrected chi connectivity index (χ2v) is 8.47. The molecule has 162 valence electrons. The molecule has 2 fully saturated rings. The summed E-state index contributed by atoms with van der Waals surface area (Å²) in [6.45, 7) is -0.508. The van der Waals surface area contributed by atoms with Crippen LogP contribution in [0.1, 0.15) is 19.3 Å². The Bertz CT molecular complexity index is 686. The SMILES string of the molecule is O=C(OC(CO)C(F)(F)F)N1CCC2(CC1)CC(N[S+](O)c1ccccc1)CO2. The number of nitrogens with one attached hydrogen (secondary N) is 1. The Morgan fingerprint density at radius 3 is 2.59 bits per heavy atom. The minimum Gasteiger partial charge on any atom is -0.434 e. The molecule has 3 rings (SSSR count). The maximum absolute atomic E-state index is 12.7. The molecule has 0 aliphatic carbocycles. The van der Waals surface area contributed by atoms with E-state index in [1.54, 1.807) is 0 Å². The number of halogens is 3. The van der Waals surface area contributed by atoms with E-state index in [2.05, 4.69) is 9.46 Å². The molecule has 29 heavy (non-hydrogen) atoms. The van der Waals surface area contributed by atoms with E-state index in [1.165, 1.54) is 4.90 Å². The largest absolute Gasteiger partial charge is 0.434 e. The van der Waals surface area contributed by atoms with Gasteiger partial charge >= 0.3 is 12.3 Å². The molecule has 1 aromatic rings. The van der Waals surface area contributed by atoms with Crippen molar-refractivity contribution in [1.29, 1.82) is 0 Å². The van der Waals surface area contributed by atoms with Gasteiger partial charge in [-0.1, -0.05) is 22.9 Å². The van der Waals surface area contributed by atoms with Gasteiger partial charge in [-0.05, 0) is 31.4 Å². The standard InChI is InChI=1S/C18H24F3N2O5S/c19-18(20,21)15(11-24)28-16(25)23-8-6-17(7-9-23)10-13(12-27-17)22-29(26)14-4-2-1-3-5-14/h1-5,13,15,22,24,26H,6-12H2/q+1. The molecule has 0 saturated carbocycles. The zero-order valence-corrected chi connectivity index (χ0v) is 16.4. The van der Waals surface area contributed by atoms with Crippen LogP contribution in [0.25, 0.3) is 0 Å². The Morgan fingerprint density at radius 1 is 1.34 bits per heavy atom. The predicted molar refractivity (Wildman–Crippen MR) is 99.1 cm³/mol. The normalized spacial score (nSPS) is 23.8. The molecule has 0 aromatic heterocycles. The van der Waals surface area contributed by atoms with Gasteiger partial charge < -0.3 is 19.5 Å². The first-order valence-corrected chi connectivity index (χ1v) is 10.4. The van der Waals surface area contributed by atoms with Gasteiger partial charge in [-0.25, -0.2) is 4.79 Å². The highest BCUT2D eigenvalue weighted by molar-refractivity contribution is 7.89. The van der Waals surface area contributed by atoms with E-state index < -0.39 is 41.9 Å². The number of aliphatic hydroxyl groups excluding tert-OH is 1. The first kappa shape index (κ1) is 22.2. The van der Waals surface area contributed by atoms with Crippen LogP contribution in [0.4, 0.5) is 18.0 Å². The molecule has 1 aromatic carbocycles. The van der Waals surface area contributed by atoms with Crippen molar-refractivity contribution < 1.29 is 37.1 Å². The number of benzene rings is 1. The first-order valence-electron chi connectivity index (χ1n) is 9.24. The highest BCUT2D eigenvalue weighted by Crippen LogP contribution is 2.36. The van der Waals surface area contributed by atoms with Crippen LogP contribution in [0.5, 0.6) is 0 Å². The van der Waals surface area contributed by atoms with Crippen molar-refractivity contribution in [3.05, 3.63) is 30.3 Å². The summed E-state index contributed by atoms with van der Waals surface area (Å²) in [6, 6.07) is 9.14. The number of aliphatic hydroxyl groups is 1. The van der Waals surface area contributed by atoms with Gasteiger partial charge in [0.1, 0.15) is 0 Å². The number of rotatable bonds is 5. The summed E-state index contributed by atoms with van der Waals surface area (Å²) >= 11 is -1.12. The number of ether oxygens (including phenoxy) is 2. The zero-order valence-electron chi connectivity index (χ0n) is 15.6. The minimum atomic E-state index is -4.81. The van der Waals surface area contributed by atoms with Crippen molar-refractivity contribution in [2.24, 2.45) is 0 Å². The van der Waals surface area contributed by atoms with Crippen LogP contribution in [-0.2, 0) is 20.8 Å². The van der Waals surface area contributed by atoms with Crippen molar-refractivity contribution >= 4 is 17.5 Å². The molecule has 2 aliphatic heterocycles. The fourth-order valence-electron chi connectivity index (χ4n) is 3.54. The van der Waals surface area contributed by atoms with Gasteiger partial charge in [0.25, 0.3) is 11.4 Å². The molecule has 2 heterocycles. The molecule has 7 nitrogen and oxygen atoms in total. The van der Waals surface area contributed by atoms with Gasteiger partial charge in [0.05, 0.1) is 24.9 Å². The Morgan fingerprint density at radius 2 is 2.00 bits per heavy atom. The lowest BCUT2D eigenvalue weighted by Gasteiger charge is -2.38. The summed E-state index contributed by atoms with van der Waals surface area (Å²) in [6.07, 6.45) is -6.88. The van der Waals surface area contributed by atoms with Crippen molar-refractivity contribution in [2.75, 3.05) is 26.3 Å². The third kappa shape index (κ3) is 5.54. The molecule has 11 heteroatoms. The number of alkyl halides is 3. The molecule has 3 N–H and O–H groups in total. The van der Waals surface area contributed by atoms with E-state index in [-0.39, 0.29) is 19.1 Å². The van der Waals surface area contributed by atoms with Crippen molar-refractivity contribution in [2.45, 2.75) is 48.1 Å². The maximum Gasteiger partial charge on any atom is 0.427 e. The van der Waals surface area contributed by atoms with Gasteiger partial charge in [0.15, 0.2) is 0 Å². The molecular formula is C18H24F3N2O5S+. The van der Waals surface area contributed by atoms with Crippen LogP contribution in [0.15, 0.2) is 35.2 Å². The summed E-state index contributed by atoms with van der Waals surface area (Å²) in [4.78, 5) is 14.0. The maximum atomic E-state index is 12.7. The fraction of sp³-hybridized carbons (Fsp3) is 0.611. The van der Waals surface area contributed by atoms with E-state index in [0.29, 0.717) is 25.9 Å². The van der Waals surface area contributed by atoms with E-state index in [4.69, 9.17) is 9.84 Å². The first-order chi connectivity index (χ1) is 13.7. The van der Waals surface area contributed by atoms with E-state index in [0.717, 1.165) is 4.90 Å². The second kappa shape index (κ2) is 9.09. The van der Waals surface area contributed by atoms with E-state index >= 15 is 0 Å². The lowest BCUT2D eigenvalue weighted by molar-refractivity contribution is -0.215. The number of carbonyl (C=O) groups is 1. The highest BCUT2D eigenvalue weighted by atomic mass is 32.2. The summed E-state index contributed by atoms with van der Waals surface area (Å²) < 4.78 is 61.8. The van der Waals surface area contributed by atoms with E-state index in [9.17, 15) is 22.5 Å². The van der Waals surface area contributed by atoms with Gasteiger partial charge in [0, 0.05) is 13.1 Å². The molecule has 0 radical (unpaired) electrons. The molecular weight excluding hydrogens is 413 g/mol. The summed E-state index contributed by atoms with van der Waals surface area (Å²) in [5, 5.41) is 8.80. The van der Waals surface area contributed by atoms with Gasteiger partial charge in [-0.3, -0.25) is 0 Å². The molecule has 0 bridgehead atoms. The lowest BCUT2D eigenvalue weighted by Crippen LogP contribution is -2.49. The summed E-state index contributed by atoms with van der Waals surface area (Å²) in [5.74, 6) is 0. The second-order valence-electron chi connectivity index (χ2n) is 7.19. The topological polar surface area (TPSA) is 91.3 Å². The Kier molecular flexibility index (Phi) is 6.94. The van der Waals surface area contributed by atoms with Gasteiger partial charge in [-0.2, -0.15) is 17.7 Å². The van der Waals surface area contributed by atoms with Gasteiger partial charge in [-0.15, -0.1) is 0 Å². The number of nitrogens with zero attached hydrogens (tertiary/aromatic N) is 1. The van der Waals surface area contributed by atoms with Crippen molar-refractivity contribution in [3.8, 4) is 0 Å². The molecule has 2 aliphatic rings. The van der Waals surface area contributed by atoms with Crippen molar-refractivity contribution in [3.63, 3.8) is 0 Å². The average Bonchev–Trinajstić information content (AvgIpc) is 3.08. The molecule has 3 unspecified atom stereocenters. The molecule has 2 saturated heterocycles. The monoisotopic (exact) mass is 437 g/mol. The summed E-state index contributed by atoms with van der Waals surface area (Å²) in [5.41, 5.74) is -0.476. The van der Waals surface area contributed by atoms with Crippen LogP contribution in [0.2, 0.25) is 0 Å². The van der Waals surface area contributed by atoms with Crippen LogP contribution in [0, 0.1) is 0 Å². The van der Waals surface area contributed by atoms with Crippen LogP contribution in [-0.4, -0.2) is 70.9 Å². The Balaban J connectivity index is 1.48. The quantitative estimate of drug-likeness (QED) is 0.613. The van der Waals surface area contributed by atoms with Crippen molar-refractivity contribution in [1.82, 2.24) is 9.62 Å². The number of likely N-dealkylation sites (tertiary alicyclic amines) is 1.